The van der Waals surface area contributed by atoms with Crippen LogP contribution in [-0.4, -0.2) is 10.1 Å². The predicted molar refractivity (Wildman–Crippen MR) is 89.3 cm³/mol. The fraction of sp³-hybridized carbons (Fsp3) is 0.0526. The molecule has 2 aromatic carbocycles. The van der Waals surface area contributed by atoms with Crippen LogP contribution >= 0.6 is 0 Å². The van der Waals surface area contributed by atoms with Crippen molar-refractivity contribution >= 4 is 10.9 Å². The lowest BCUT2D eigenvalue weighted by Crippen LogP contribution is -2.12. The second-order valence-corrected chi connectivity index (χ2v) is 5.43. The average molecular weight is 302 g/mol. The highest BCUT2D eigenvalue weighted by Crippen LogP contribution is 2.20. The molecule has 0 unspecified atom stereocenters. The Balaban J connectivity index is 1.67. The number of para-hydroxylation sites is 1. The van der Waals surface area contributed by atoms with Gasteiger partial charge in [-0.1, -0.05) is 53.7 Å². The number of pyridine rings is 1. The molecule has 4 nitrogen and oxygen atoms in total. The van der Waals surface area contributed by atoms with Crippen molar-refractivity contribution < 1.29 is 4.52 Å². The summed E-state index contributed by atoms with van der Waals surface area (Å²) >= 11 is 0. The minimum atomic E-state index is -0.0960. The molecule has 4 aromatic rings. The Morgan fingerprint density at radius 3 is 2.61 bits per heavy atom. The molecular weight excluding hydrogens is 288 g/mol. The van der Waals surface area contributed by atoms with Crippen LogP contribution in [0.5, 0.6) is 0 Å². The molecule has 0 saturated heterocycles. The molecule has 0 amide bonds. The Morgan fingerprint density at radius 1 is 0.957 bits per heavy atom. The number of hydrogen-bond acceptors (Lipinski definition) is 3. The Labute approximate surface area is 132 Å². The van der Waals surface area contributed by atoms with Crippen molar-refractivity contribution in [2.24, 2.45) is 0 Å². The third-order valence-corrected chi connectivity index (χ3v) is 3.82. The van der Waals surface area contributed by atoms with Crippen LogP contribution in [0.1, 0.15) is 11.3 Å². The van der Waals surface area contributed by atoms with Crippen molar-refractivity contribution in [3.05, 3.63) is 88.4 Å². The molecule has 0 aliphatic rings. The maximum Gasteiger partial charge on any atom is 0.252 e. The maximum absolute atomic E-state index is 12.2. The number of nitrogens with zero attached hydrogens (tertiary/aromatic N) is 1. The smallest absolute Gasteiger partial charge is 0.252 e. The van der Waals surface area contributed by atoms with Gasteiger partial charge in [0.25, 0.3) is 5.56 Å². The van der Waals surface area contributed by atoms with Gasteiger partial charge >= 0.3 is 0 Å². The number of nitrogens with one attached hydrogen (secondary N) is 1. The lowest BCUT2D eigenvalue weighted by atomic mass is 10.1. The summed E-state index contributed by atoms with van der Waals surface area (Å²) in [5, 5.41) is 5.09. The zero-order valence-electron chi connectivity index (χ0n) is 12.3. The number of benzene rings is 2. The van der Waals surface area contributed by atoms with E-state index in [9.17, 15) is 4.79 Å². The molecule has 0 aliphatic heterocycles. The van der Waals surface area contributed by atoms with Gasteiger partial charge in [-0.2, -0.15) is 0 Å². The molecule has 0 bridgehead atoms. The summed E-state index contributed by atoms with van der Waals surface area (Å²) in [5.74, 6) is 0.671. The van der Waals surface area contributed by atoms with Crippen molar-refractivity contribution in [2.75, 3.05) is 0 Å². The van der Waals surface area contributed by atoms with E-state index in [0.717, 1.165) is 22.2 Å². The predicted octanol–water partition coefficient (Wildman–Crippen LogP) is 3.77. The highest BCUT2D eigenvalue weighted by Gasteiger charge is 2.10. The molecule has 4 heteroatoms. The van der Waals surface area contributed by atoms with Crippen molar-refractivity contribution in [2.45, 2.75) is 6.42 Å². The van der Waals surface area contributed by atoms with Gasteiger partial charge in [-0.05, 0) is 17.5 Å². The second-order valence-electron chi connectivity index (χ2n) is 5.43. The topological polar surface area (TPSA) is 58.9 Å². The third-order valence-electron chi connectivity index (χ3n) is 3.82. The monoisotopic (exact) mass is 302 g/mol. The van der Waals surface area contributed by atoms with Crippen LogP contribution in [0.4, 0.5) is 0 Å². The minimum Gasteiger partial charge on any atom is -0.360 e. The van der Waals surface area contributed by atoms with Gasteiger partial charge in [0.1, 0.15) is 11.5 Å². The van der Waals surface area contributed by atoms with Crippen LogP contribution < -0.4 is 5.56 Å². The zero-order chi connectivity index (χ0) is 15.6. The van der Waals surface area contributed by atoms with Crippen molar-refractivity contribution in [3.8, 4) is 11.3 Å². The van der Waals surface area contributed by atoms with E-state index >= 15 is 0 Å². The number of fused-ring (bicyclic) bond motifs is 1. The van der Waals surface area contributed by atoms with Crippen LogP contribution in [0.25, 0.3) is 22.2 Å². The van der Waals surface area contributed by atoms with Gasteiger partial charge in [0.2, 0.25) is 0 Å². The number of aromatic nitrogens is 2. The van der Waals surface area contributed by atoms with Crippen LogP contribution in [0.15, 0.2) is 76.0 Å². The number of aromatic amines is 1. The van der Waals surface area contributed by atoms with E-state index in [0.29, 0.717) is 17.7 Å². The summed E-state index contributed by atoms with van der Waals surface area (Å²) in [6, 6.07) is 21.3. The van der Waals surface area contributed by atoms with E-state index in [1.807, 2.05) is 66.7 Å². The Morgan fingerprint density at radius 2 is 1.74 bits per heavy atom. The first-order valence-electron chi connectivity index (χ1n) is 7.41. The van der Waals surface area contributed by atoms with Crippen molar-refractivity contribution in [3.63, 3.8) is 0 Å². The number of H-pyrrole nitrogens is 1. The molecule has 4 rings (SSSR count). The highest BCUT2D eigenvalue weighted by atomic mass is 16.5. The van der Waals surface area contributed by atoms with Crippen LogP contribution in [-0.2, 0) is 6.42 Å². The summed E-state index contributed by atoms with van der Waals surface area (Å²) < 4.78 is 5.39. The molecule has 2 heterocycles. The summed E-state index contributed by atoms with van der Waals surface area (Å²) in [6.07, 6.45) is 0.417. The Bertz CT molecular complexity index is 1020. The van der Waals surface area contributed by atoms with E-state index in [2.05, 4.69) is 10.1 Å². The first-order valence-corrected chi connectivity index (χ1v) is 7.41. The SMILES string of the molecule is O=c1[nH]c2ccccc2cc1Cc1cc(-c2ccccc2)no1. The zero-order valence-corrected chi connectivity index (χ0v) is 12.3. The largest absolute Gasteiger partial charge is 0.360 e. The van der Waals surface area contributed by atoms with Crippen LogP contribution in [0, 0.1) is 0 Å². The molecule has 0 fully saturated rings. The van der Waals surface area contributed by atoms with E-state index in [4.69, 9.17) is 4.52 Å². The Hall–Kier alpha value is -3.14. The van der Waals surface area contributed by atoms with Gasteiger partial charge in [0.15, 0.2) is 0 Å². The number of rotatable bonds is 3. The van der Waals surface area contributed by atoms with Gasteiger partial charge in [0, 0.05) is 29.1 Å². The highest BCUT2D eigenvalue weighted by molar-refractivity contribution is 5.78. The van der Waals surface area contributed by atoms with Gasteiger partial charge in [0.05, 0.1) is 0 Å². The van der Waals surface area contributed by atoms with E-state index in [1.54, 1.807) is 0 Å². The van der Waals surface area contributed by atoms with Gasteiger partial charge < -0.3 is 9.51 Å². The van der Waals surface area contributed by atoms with E-state index in [1.165, 1.54) is 0 Å². The van der Waals surface area contributed by atoms with Crippen molar-refractivity contribution in [1.82, 2.24) is 10.1 Å². The first-order chi connectivity index (χ1) is 11.3. The molecule has 0 atom stereocenters. The van der Waals surface area contributed by atoms with Gasteiger partial charge in [-0.3, -0.25) is 4.79 Å². The fourth-order valence-corrected chi connectivity index (χ4v) is 2.65. The summed E-state index contributed by atoms with van der Waals surface area (Å²) in [4.78, 5) is 15.1. The minimum absolute atomic E-state index is 0.0960. The summed E-state index contributed by atoms with van der Waals surface area (Å²) in [6.45, 7) is 0. The molecule has 0 saturated carbocycles. The first kappa shape index (κ1) is 13.5. The summed E-state index contributed by atoms with van der Waals surface area (Å²) in [5.41, 5.74) is 3.18. The normalized spacial score (nSPS) is 11.0. The Kier molecular flexibility index (Phi) is 3.27. The lowest BCUT2D eigenvalue weighted by molar-refractivity contribution is 0.391. The molecule has 1 N–H and O–H groups in total. The molecular formula is C19H14N2O2. The quantitative estimate of drug-likeness (QED) is 0.626. The van der Waals surface area contributed by atoms with Gasteiger partial charge in [-0.15, -0.1) is 0 Å². The lowest BCUT2D eigenvalue weighted by Gasteiger charge is -2.01. The average Bonchev–Trinajstić information content (AvgIpc) is 3.05. The molecule has 0 radical (unpaired) electrons. The molecule has 112 valence electrons. The van der Waals surface area contributed by atoms with E-state index in [-0.39, 0.29) is 5.56 Å². The van der Waals surface area contributed by atoms with Crippen LogP contribution in [0.2, 0.25) is 0 Å². The van der Waals surface area contributed by atoms with Crippen molar-refractivity contribution in [1.29, 1.82) is 0 Å². The third kappa shape index (κ3) is 2.66. The maximum atomic E-state index is 12.2. The standard InChI is InChI=1S/C19H14N2O2/c22-19-15(10-14-8-4-5-9-17(14)20-19)11-16-12-18(21-23-16)13-6-2-1-3-7-13/h1-10,12H,11H2,(H,20,22). The fourth-order valence-electron chi connectivity index (χ4n) is 2.65. The van der Waals surface area contributed by atoms with E-state index < -0.39 is 0 Å². The molecule has 0 aliphatic carbocycles. The molecule has 23 heavy (non-hydrogen) atoms. The molecule has 0 spiro atoms. The van der Waals surface area contributed by atoms with Gasteiger partial charge in [-0.25, -0.2) is 0 Å². The summed E-state index contributed by atoms with van der Waals surface area (Å²) in [7, 11) is 0. The number of hydrogen-bond donors (Lipinski definition) is 1. The molecule has 2 aromatic heterocycles. The van der Waals surface area contributed by atoms with Crippen LogP contribution in [0.3, 0.4) is 0 Å². The second kappa shape index (κ2) is 5.57.